The van der Waals surface area contributed by atoms with Crippen molar-refractivity contribution in [2.24, 2.45) is 0 Å². The van der Waals surface area contributed by atoms with Crippen molar-refractivity contribution >= 4 is 21.9 Å². The summed E-state index contributed by atoms with van der Waals surface area (Å²) in [6.45, 7) is 4.15. The molecule has 0 amide bonds. The molecule has 1 fully saturated rings. The van der Waals surface area contributed by atoms with Crippen molar-refractivity contribution in [3.63, 3.8) is 0 Å². The highest BCUT2D eigenvalue weighted by Gasteiger charge is 2.24. The lowest BCUT2D eigenvalue weighted by molar-refractivity contribution is 0.0600. The van der Waals surface area contributed by atoms with Crippen LogP contribution in [0.25, 0.3) is 0 Å². The van der Waals surface area contributed by atoms with Gasteiger partial charge in [-0.1, -0.05) is 12.1 Å². The Morgan fingerprint density at radius 1 is 1.13 bits per heavy atom. The fraction of sp³-hybridized carbons (Fsp3) is 0.316. The number of halogens is 1. The molecule has 0 aliphatic heterocycles. The number of hydrogen-bond acceptors (Lipinski definition) is 3. The topological polar surface area (TPSA) is 35.5 Å². The van der Waals surface area contributed by atoms with E-state index in [1.54, 1.807) is 18.2 Å². The molecule has 1 saturated carbocycles. The lowest BCUT2D eigenvalue weighted by Crippen LogP contribution is -2.01. The van der Waals surface area contributed by atoms with Crippen LogP contribution in [0.2, 0.25) is 0 Å². The first-order valence-corrected chi connectivity index (χ1v) is 8.45. The Hall–Kier alpha value is -1.81. The fourth-order valence-corrected chi connectivity index (χ4v) is 3.20. The minimum absolute atomic E-state index is 0.363. The lowest BCUT2D eigenvalue weighted by atomic mass is 10.0. The summed E-state index contributed by atoms with van der Waals surface area (Å²) in [5, 5.41) is 0. The molecule has 0 aromatic heterocycles. The van der Waals surface area contributed by atoms with Gasteiger partial charge in [0.1, 0.15) is 11.5 Å². The smallest absolute Gasteiger partial charge is 0.337 e. The van der Waals surface area contributed by atoms with Crippen LogP contribution in [0.15, 0.2) is 34.8 Å². The minimum Gasteiger partial charge on any atom is -0.465 e. The van der Waals surface area contributed by atoms with Gasteiger partial charge in [0.15, 0.2) is 0 Å². The molecule has 0 spiro atoms. The Labute approximate surface area is 144 Å². The first-order chi connectivity index (χ1) is 11.0. The zero-order valence-corrected chi connectivity index (χ0v) is 15.1. The molecule has 0 atom stereocenters. The lowest BCUT2D eigenvalue weighted by Gasteiger charge is -2.15. The van der Waals surface area contributed by atoms with Gasteiger partial charge in [0, 0.05) is 0 Å². The van der Waals surface area contributed by atoms with Crippen LogP contribution in [-0.2, 0) is 4.74 Å². The molecule has 1 aliphatic rings. The van der Waals surface area contributed by atoms with E-state index in [9.17, 15) is 4.79 Å². The number of rotatable bonds is 4. The van der Waals surface area contributed by atoms with Gasteiger partial charge < -0.3 is 9.47 Å². The van der Waals surface area contributed by atoms with E-state index in [0.29, 0.717) is 11.3 Å². The summed E-state index contributed by atoms with van der Waals surface area (Å²) in [6.07, 6.45) is 2.58. The zero-order chi connectivity index (χ0) is 16.6. The second-order valence-electron chi connectivity index (χ2n) is 6.00. The van der Waals surface area contributed by atoms with Crippen LogP contribution in [0, 0.1) is 13.8 Å². The van der Waals surface area contributed by atoms with Gasteiger partial charge in [0.25, 0.3) is 0 Å². The van der Waals surface area contributed by atoms with Crippen molar-refractivity contribution in [1.29, 1.82) is 0 Å². The third-order valence-corrected chi connectivity index (χ3v) is 4.72. The van der Waals surface area contributed by atoms with Crippen molar-refractivity contribution < 1.29 is 14.3 Å². The van der Waals surface area contributed by atoms with E-state index < -0.39 is 0 Å². The predicted molar refractivity (Wildman–Crippen MR) is 93.4 cm³/mol. The van der Waals surface area contributed by atoms with Crippen LogP contribution >= 0.6 is 15.9 Å². The summed E-state index contributed by atoms with van der Waals surface area (Å²) >= 11 is 3.47. The first-order valence-electron chi connectivity index (χ1n) is 7.66. The largest absolute Gasteiger partial charge is 0.465 e. The van der Waals surface area contributed by atoms with E-state index in [-0.39, 0.29) is 5.97 Å². The van der Waals surface area contributed by atoms with Crippen molar-refractivity contribution in [1.82, 2.24) is 0 Å². The highest BCUT2D eigenvalue weighted by atomic mass is 79.9. The summed E-state index contributed by atoms with van der Waals surface area (Å²) in [7, 11) is 1.37. The summed E-state index contributed by atoms with van der Waals surface area (Å²) in [6, 6.07) is 9.64. The molecular formula is C19H19BrO3. The van der Waals surface area contributed by atoms with E-state index in [1.807, 2.05) is 0 Å². The number of carbonyl (C=O) groups is 1. The molecule has 3 rings (SSSR count). The second kappa shape index (κ2) is 6.36. The van der Waals surface area contributed by atoms with Crippen LogP contribution in [0.5, 0.6) is 11.5 Å². The van der Waals surface area contributed by atoms with Gasteiger partial charge in [-0.15, -0.1) is 0 Å². The first kappa shape index (κ1) is 16.1. The second-order valence-corrected chi connectivity index (χ2v) is 6.85. The Kier molecular flexibility index (Phi) is 4.44. The molecule has 120 valence electrons. The fourth-order valence-electron chi connectivity index (χ4n) is 2.74. The number of methoxy groups -OCH3 is 1. The maximum absolute atomic E-state index is 11.6. The predicted octanol–water partition coefficient (Wildman–Crippen LogP) is 5.52. The molecule has 1 aliphatic carbocycles. The number of aryl methyl sites for hydroxylation is 2. The van der Waals surface area contributed by atoms with E-state index >= 15 is 0 Å². The van der Waals surface area contributed by atoms with E-state index in [2.05, 4.69) is 41.9 Å². The average molecular weight is 375 g/mol. The Morgan fingerprint density at radius 2 is 1.78 bits per heavy atom. The minimum atomic E-state index is -0.363. The molecule has 0 saturated heterocycles. The van der Waals surface area contributed by atoms with Crippen LogP contribution < -0.4 is 4.74 Å². The highest BCUT2D eigenvalue weighted by molar-refractivity contribution is 9.10. The number of benzene rings is 2. The molecule has 0 heterocycles. The van der Waals surface area contributed by atoms with Gasteiger partial charge in [-0.05, 0) is 83.4 Å². The van der Waals surface area contributed by atoms with Crippen molar-refractivity contribution in [2.45, 2.75) is 32.6 Å². The maximum Gasteiger partial charge on any atom is 0.337 e. The van der Waals surface area contributed by atoms with Gasteiger partial charge in [0.05, 0.1) is 17.1 Å². The van der Waals surface area contributed by atoms with E-state index in [4.69, 9.17) is 9.47 Å². The molecule has 0 N–H and O–H groups in total. The van der Waals surface area contributed by atoms with Gasteiger partial charge in [-0.3, -0.25) is 0 Å². The van der Waals surface area contributed by atoms with Gasteiger partial charge in [-0.2, -0.15) is 0 Å². The molecule has 4 heteroatoms. The SMILES string of the molecule is COC(=O)c1ccc(Oc2c(C)cc(C3CC3)cc2C)c(Br)c1. The van der Waals surface area contributed by atoms with Crippen LogP contribution in [-0.4, -0.2) is 13.1 Å². The van der Waals surface area contributed by atoms with E-state index in [1.165, 1.54) is 25.5 Å². The normalized spacial score (nSPS) is 13.7. The molecule has 0 bridgehead atoms. The summed E-state index contributed by atoms with van der Waals surface area (Å²) in [5.74, 6) is 1.93. The molecule has 23 heavy (non-hydrogen) atoms. The highest BCUT2D eigenvalue weighted by Crippen LogP contribution is 2.43. The summed E-state index contributed by atoms with van der Waals surface area (Å²) in [5.41, 5.74) is 4.17. The Morgan fingerprint density at radius 3 is 2.30 bits per heavy atom. The number of ether oxygens (including phenoxy) is 2. The van der Waals surface area contributed by atoms with Gasteiger partial charge in [0.2, 0.25) is 0 Å². The average Bonchev–Trinajstić information content (AvgIpc) is 3.36. The molecule has 2 aromatic rings. The molecule has 0 unspecified atom stereocenters. The summed E-state index contributed by atoms with van der Waals surface area (Å²) in [4.78, 5) is 11.6. The molecule has 2 aromatic carbocycles. The molecular weight excluding hydrogens is 356 g/mol. The molecule has 0 radical (unpaired) electrons. The Bertz CT molecular complexity index is 740. The Balaban J connectivity index is 1.88. The molecule has 3 nitrogen and oxygen atoms in total. The van der Waals surface area contributed by atoms with Crippen molar-refractivity contribution in [2.75, 3.05) is 7.11 Å². The number of esters is 1. The van der Waals surface area contributed by atoms with Crippen LogP contribution in [0.4, 0.5) is 0 Å². The monoisotopic (exact) mass is 374 g/mol. The van der Waals surface area contributed by atoms with Crippen molar-refractivity contribution in [3.8, 4) is 11.5 Å². The standard InChI is InChI=1S/C19H19BrO3/c1-11-8-15(13-4-5-13)9-12(2)18(11)23-17-7-6-14(10-16(17)20)19(21)22-3/h6-10,13H,4-5H2,1-3H3. The van der Waals surface area contributed by atoms with E-state index in [0.717, 1.165) is 27.3 Å². The third kappa shape index (κ3) is 3.42. The quantitative estimate of drug-likeness (QED) is 0.660. The zero-order valence-electron chi connectivity index (χ0n) is 13.5. The van der Waals surface area contributed by atoms with Crippen LogP contribution in [0.1, 0.15) is 45.8 Å². The van der Waals surface area contributed by atoms with Gasteiger partial charge in [-0.25, -0.2) is 4.79 Å². The van der Waals surface area contributed by atoms with Gasteiger partial charge >= 0.3 is 5.97 Å². The number of hydrogen-bond donors (Lipinski definition) is 0. The van der Waals surface area contributed by atoms with Crippen LogP contribution in [0.3, 0.4) is 0 Å². The third-order valence-electron chi connectivity index (χ3n) is 4.10. The summed E-state index contributed by atoms with van der Waals surface area (Å²) < 4.78 is 11.6. The maximum atomic E-state index is 11.6. The number of carbonyl (C=O) groups excluding carboxylic acids is 1. The van der Waals surface area contributed by atoms with Crippen molar-refractivity contribution in [3.05, 3.63) is 57.1 Å².